The smallest absolute Gasteiger partial charge is 0.233 e. The molecule has 0 aromatic carbocycles. The van der Waals surface area contributed by atoms with Crippen molar-refractivity contribution in [2.75, 3.05) is 13.2 Å². The maximum absolute atomic E-state index is 9.04. The number of aliphatic hydroxyl groups is 1. The SMILES string of the molecule is OCCCOOn1c(O)ccc1O. The lowest BCUT2D eigenvalue weighted by Gasteiger charge is -2.05. The van der Waals surface area contributed by atoms with E-state index in [-0.39, 0.29) is 25.0 Å². The van der Waals surface area contributed by atoms with E-state index in [9.17, 15) is 0 Å². The van der Waals surface area contributed by atoms with Gasteiger partial charge in [0, 0.05) is 18.7 Å². The minimum Gasteiger partial charge on any atom is -0.492 e. The van der Waals surface area contributed by atoms with Crippen molar-refractivity contribution < 1.29 is 25.2 Å². The molecular formula is C7H11NO5. The third-order valence-electron chi connectivity index (χ3n) is 1.31. The maximum atomic E-state index is 9.04. The third-order valence-corrected chi connectivity index (χ3v) is 1.31. The molecule has 0 aliphatic rings. The molecule has 0 atom stereocenters. The molecule has 0 aliphatic carbocycles. The van der Waals surface area contributed by atoms with Crippen LogP contribution in [-0.2, 0) is 4.89 Å². The Morgan fingerprint density at radius 2 is 1.85 bits per heavy atom. The second kappa shape index (κ2) is 4.58. The van der Waals surface area contributed by atoms with Crippen LogP contribution in [0.4, 0.5) is 0 Å². The number of aromatic nitrogens is 1. The van der Waals surface area contributed by atoms with Crippen LogP contribution in [0.2, 0.25) is 0 Å². The first kappa shape index (κ1) is 9.69. The molecule has 1 heterocycles. The molecule has 0 fully saturated rings. The summed E-state index contributed by atoms with van der Waals surface area (Å²) in [5.41, 5.74) is 0. The molecular weight excluding hydrogens is 178 g/mol. The maximum Gasteiger partial charge on any atom is 0.233 e. The van der Waals surface area contributed by atoms with Crippen LogP contribution < -0.4 is 4.99 Å². The second-order valence-electron chi connectivity index (χ2n) is 2.32. The summed E-state index contributed by atoms with van der Waals surface area (Å²) in [6.07, 6.45) is 0.419. The summed E-state index contributed by atoms with van der Waals surface area (Å²) >= 11 is 0. The van der Waals surface area contributed by atoms with Gasteiger partial charge in [0.05, 0.1) is 6.61 Å². The number of aliphatic hydroxyl groups excluding tert-OH is 1. The molecule has 0 spiro atoms. The Kier molecular flexibility index (Phi) is 3.41. The van der Waals surface area contributed by atoms with Gasteiger partial charge in [-0.1, -0.05) is 4.73 Å². The molecule has 1 aromatic rings. The van der Waals surface area contributed by atoms with E-state index in [2.05, 4.69) is 9.88 Å². The first-order valence-corrected chi connectivity index (χ1v) is 3.76. The van der Waals surface area contributed by atoms with Gasteiger partial charge in [-0.3, -0.25) is 0 Å². The minimum atomic E-state index is -0.263. The van der Waals surface area contributed by atoms with E-state index in [4.69, 9.17) is 15.3 Å². The molecule has 74 valence electrons. The number of hydrogen-bond donors (Lipinski definition) is 3. The molecule has 1 aromatic heterocycles. The zero-order chi connectivity index (χ0) is 9.68. The molecule has 3 N–H and O–H groups in total. The molecule has 0 amide bonds. The lowest BCUT2D eigenvalue weighted by Crippen LogP contribution is -2.12. The summed E-state index contributed by atoms with van der Waals surface area (Å²) in [5, 5.41) is 26.5. The van der Waals surface area contributed by atoms with Gasteiger partial charge in [0.2, 0.25) is 11.8 Å². The summed E-state index contributed by atoms with van der Waals surface area (Å²) < 4.78 is 0.720. The van der Waals surface area contributed by atoms with Crippen molar-refractivity contribution in [3.63, 3.8) is 0 Å². The summed E-state index contributed by atoms with van der Waals surface area (Å²) in [5.74, 6) is -0.525. The van der Waals surface area contributed by atoms with Crippen LogP contribution in [0, 0.1) is 0 Å². The molecule has 0 saturated carbocycles. The molecule has 6 heteroatoms. The Balaban J connectivity index is 2.36. The molecule has 0 saturated heterocycles. The van der Waals surface area contributed by atoms with Crippen molar-refractivity contribution in [2.45, 2.75) is 6.42 Å². The number of rotatable bonds is 5. The normalized spacial score (nSPS) is 10.2. The van der Waals surface area contributed by atoms with Gasteiger partial charge in [-0.2, -0.15) is 4.89 Å². The van der Waals surface area contributed by atoms with Gasteiger partial charge >= 0.3 is 0 Å². The second-order valence-corrected chi connectivity index (χ2v) is 2.32. The lowest BCUT2D eigenvalue weighted by atomic mass is 10.5. The van der Waals surface area contributed by atoms with E-state index >= 15 is 0 Å². The van der Waals surface area contributed by atoms with E-state index in [0.29, 0.717) is 6.42 Å². The first-order chi connectivity index (χ1) is 6.25. The highest BCUT2D eigenvalue weighted by Crippen LogP contribution is 2.18. The van der Waals surface area contributed by atoms with E-state index in [1.807, 2.05) is 0 Å². The van der Waals surface area contributed by atoms with Gasteiger partial charge in [0.25, 0.3) is 0 Å². The van der Waals surface area contributed by atoms with Crippen LogP contribution in [0.25, 0.3) is 0 Å². The Morgan fingerprint density at radius 3 is 2.38 bits per heavy atom. The molecule has 0 bridgehead atoms. The predicted molar refractivity (Wildman–Crippen MR) is 42.0 cm³/mol. The van der Waals surface area contributed by atoms with Crippen LogP contribution in [0.3, 0.4) is 0 Å². The molecule has 0 aliphatic heterocycles. The van der Waals surface area contributed by atoms with Crippen molar-refractivity contribution >= 4 is 0 Å². The average molecular weight is 189 g/mol. The predicted octanol–water partition coefficient (Wildman–Crippen LogP) is -0.358. The van der Waals surface area contributed by atoms with Crippen LogP contribution in [0.5, 0.6) is 11.8 Å². The van der Waals surface area contributed by atoms with Crippen molar-refractivity contribution in [1.82, 2.24) is 4.73 Å². The fraction of sp³-hybridized carbons (Fsp3) is 0.429. The zero-order valence-electron chi connectivity index (χ0n) is 6.88. The molecule has 0 unspecified atom stereocenters. The van der Waals surface area contributed by atoms with E-state index < -0.39 is 0 Å². The number of nitrogens with zero attached hydrogens (tertiary/aromatic N) is 1. The Morgan fingerprint density at radius 1 is 1.23 bits per heavy atom. The number of hydrogen-bond acceptors (Lipinski definition) is 5. The quantitative estimate of drug-likeness (QED) is 0.334. The Labute approximate surface area is 74.4 Å². The molecule has 13 heavy (non-hydrogen) atoms. The highest BCUT2D eigenvalue weighted by molar-refractivity contribution is 5.21. The fourth-order valence-electron chi connectivity index (χ4n) is 0.692. The Bertz CT molecular complexity index is 240. The summed E-state index contributed by atoms with van der Waals surface area (Å²) in [6, 6.07) is 2.51. The van der Waals surface area contributed by atoms with Gasteiger partial charge in [0.1, 0.15) is 0 Å². The topological polar surface area (TPSA) is 84.1 Å². The summed E-state index contributed by atoms with van der Waals surface area (Å²) in [4.78, 5) is 9.08. The number of aromatic hydroxyl groups is 2. The summed E-state index contributed by atoms with van der Waals surface area (Å²) in [6.45, 7) is 0.167. The van der Waals surface area contributed by atoms with Gasteiger partial charge < -0.3 is 15.3 Å². The van der Waals surface area contributed by atoms with Crippen molar-refractivity contribution in [1.29, 1.82) is 0 Å². The van der Waals surface area contributed by atoms with E-state index in [1.165, 1.54) is 12.1 Å². The first-order valence-electron chi connectivity index (χ1n) is 3.76. The van der Waals surface area contributed by atoms with Gasteiger partial charge in [-0.15, -0.1) is 0 Å². The van der Waals surface area contributed by atoms with Gasteiger partial charge in [-0.25, -0.2) is 4.99 Å². The molecule has 1 rings (SSSR count). The highest BCUT2D eigenvalue weighted by Gasteiger charge is 2.06. The molecule has 6 nitrogen and oxygen atoms in total. The Hall–Kier alpha value is -1.40. The largest absolute Gasteiger partial charge is 0.492 e. The lowest BCUT2D eigenvalue weighted by molar-refractivity contribution is -0.298. The molecule has 0 radical (unpaired) electrons. The van der Waals surface area contributed by atoms with Crippen LogP contribution in [-0.4, -0.2) is 33.3 Å². The summed E-state index contributed by atoms with van der Waals surface area (Å²) in [7, 11) is 0. The van der Waals surface area contributed by atoms with Crippen LogP contribution >= 0.6 is 0 Å². The highest BCUT2D eigenvalue weighted by atomic mass is 17.3. The van der Waals surface area contributed by atoms with Crippen LogP contribution in [0.15, 0.2) is 12.1 Å². The average Bonchev–Trinajstić information content (AvgIpc) is 2.42. The van der Waals surface area contributed by atoms with E-state index in [0.717, 1.165) is 4.73 Å². The van der Waals surface area contributed by atoms with Crippen LogP contribution in [0.1, 0.15) is 6.42 Å². The third kappa shape index (κ3) is 2.53. The fourth-order valence-corrected chi connectivity index (χ4v) is 0.692. The minimum absolute atomic E-state index is 0.00694. The zero-order valence-corrected chi connectivity index (χ0v) is 6.88. The standard InChI is InChI=1S/C7H11NO5/c9-4-1-5-12-13-8-6(10)2-3-7(8)11/h2-3,9-11H,1,4-5H2. The van der Waals surface area contributed by atoms with Crippen molar-refractivity contribution in [2.24, 2.45) is 0 Å². The van der Waals surface area contributed by atoms with E-state index in [1.54, 1.807) is 0 Å². The van der Waals surface area contributed by atoms with Gasteiger partial charge in [-0.05, 0) is 6.42 Å². The monoisotopic (exact) mass is 189 g/mol. The van der Waals surface area contributed by atoms with Gasteiger partial charge in [0.15, 0.2) is 0 Å². The van der Waals surface area contributed by atoms with Crippen molar-refractivity contribution in [3.8, 4) is 11.8 Å². The van der Waals surface area contributed by atoms with Crippen molar-refractivity contribution in [3.05, 3.63) is 12.1 Å².